The van der Waals surface area contributed by atoms with Crippen molar-refractivity contribution in [2.75, 3.05) is 13.7 Å². The van der Waals surface area contributed by atoms with Crippen LogP contribution in [0.1, 0.15) is 23.8 Å². The molecule has 0 aliphatic rings. The van der Waals surface area contributed by atoms with E-state index in [9.17, 15) is 14.7 Å². The van der Waals surface area contributed by atoms with Gasteiger partial charge in [0.05, 0.1) is 25.1 Å². The molecule has 0 saturated heterocycles. The minimum atomic E-state index is -0.308. The van der Waals surface area contributed by atoms with Crippen LogP contribution in [0.5, 0.6) is 0 Å². The van der Waals surface area contributed by atoms with Crippen molar-refractivity contribution in [1.29, 1.82) is 0 Å². The first-order valence-electron chi connectivity index (χ1n) is 6.92. The standard InChI is InChI=1S/C14H20N2O4S/c1-4-5-15-12(18)11-9(2)10(8-17)21-13(11)16(14(15)19)6-7-20-3/h17H,4-8H2,1-3H3. The molecule has 1 N–H and O–H groups in total. The van der Waals surface area contributed by atoms with E-state index in [1.807, 2.05) is 13.8 Å². The molecule has 0 aliphatic heterocycles. The zero-order valence-corrected chi connectivity index (χ0v) is 13.3. The van der Waals surface area contributed by atoms with Crippen molar-refractivity contribution in [3.05, 3.63) is 31.3 Å². The van der Waals surface area contributed by atoms with E-state index in [1.165, 1.54) is 15.9 Å². The highest BCUT2D eigenvalue weighted by Gasteiger charge is 2.19. The number of methoxy groups -OCH3 is 1. The van der Waals surface area contributed by atoms with Crippen LogP contribution in [-0.2, 0) is 24.4 Å². The van der Waals surface area contributed by atoms with Gasteiger partial charge in [-0.2, -0.15) is 0 Å². The predicted molar refractivity (Wildman–Crippen MR) is 83.2 cm³/mol. The fourth-order valence-electron chi connectivity index (χ4n) is 2.39. The number of nitrogens with zero attached hydrogens (tertiary/aromatic N) is 2. The second kappa shape index (κ2) is 6.55. The summed E-state index contributed by atoms with van der Waals surface area (Å²) in [5.74, 6) is 0. The fourth-order valence-corrected chi connectivity index (χ4v) is 3.57. The third kappa shape index (κ3) is 2.68. The van der Waals surface area contributed by atoms with Gasteiger partial charge in [-0.3, -0.25) is 13.9 Å². The highest BCUT2D eigenvalue weighted by molar-refractivity contribution is 7.18. The average Bonchev–Trinajstić information content (AvgIpc) is 2.80. The minimum Gasteiger partial charge on any atom is -0.391 e. The number of hydrogen-bond donors (Lipinski definition) is 1. The quantitative estimate of drug-likeness (QED) is 0.866. The molecule has 0 aliphatic carbocycles. The summed E-state index contributed by atoms with van der Waals surface area (Å²) in [4.78, 5) is 26.4. The summed E-state index contributed by atoms with van der Waals surface area (Å²) < 4.78 is 7.90. The first-order chi connectivity index (χ1) is 10.1. The molecule has 0 spiro atoms. The van der Waals surface area contributed by atoms with E-state index >= 15 is 0 Å². The lowest BCUT2D eigenvalue weighted by molar-refractivity contribution is 0.186. The summed E-state index contributed by atoms with van der Waals surface area (Å²) in [5.41, 5.74) is 0.189. The van der Waals surface area contributed by atoms with Gasteiger partial charge in [0.1, 0.15) is 4.83 Å². The third-order valence-electron chi connectivity index (χ3n) is 3.50. The molecule has 7 heteroatoms. The Kier molecular flexibility index (Phi) is 4.97. The summed E-state index contributed by atoms with van der Waals surface area (Å²) in [5, 5.41) is 9.94. The van der Waals surface area contributed by atoms with Gasteiger partial charge in [0.2, 0.25) is 0 Å². The van der Waals surface area contributed by atoms with Gasteiger partial charge < -0.3 is 9.84 Å². The Morgan fingerprint density at radius 3 is 2.52 bits per heavy atom. The molecule has 0 bridgehead atoms. The molecule has 0 unspecified atom stereocenters. The predicted octanol–water partition coefficient (Wildman–Crippen LogP) is 1.08. The molecule has 2 aromatic rings. The first-order valence-corrected chi connectivity index (χ1v) is 7.73. The fraction of sp³-hybridized carbons (Fsp3) is 0.571. The number of aliphatic hydroxyl groups is 1. The van der Waals surface area contributed by atoms with Crippen molar-refractivity contribution in [3.63, 3.8) is 0 Å². The second-order valence-electron chi connectivity index (χ2n) is 4.87. The molecular formula is C14H20N2O4S. The Balaban J connectivity index is 2.85. The van der Waals surface area contributed by atoms with Gasteiger partial charge in [0, 0.05) is 18.5 Å². The average molecular weight is 312 g/mol. The summed E-state index contributed by atoms with van der Waals surface area (Å²) in [6.45, 7) is 4.79. The molecule has 2 heterocycles. The third-order valence-corrected chi connectivity index (χ3v) is 4.80. The molecule has 21 heavy (non-hydrogen) atoms. The van der Waals surface area contributed by atoms with Crippen LogP contribution in [0.15, 0.2) is 9.59 Å². The van der Waals surface area contributed by atoms with E-state index in [-0.39, 0.29) is 17.9 Å². The second-order valence-corrected chi connectivity index (χ2v) is 5.96. The first kappa shape index (κ1) is 15.9. The Hall–Kier alpha value is -1.44. The monoisotopic (exact) mass is 312 g/mol. The lowest BCUT2D eigenvalue weighted by atomic mass is 10.2. The van der Waals surface area contributed by atoms with Crippen LogP contribution >= 0.6 is 11.3 Å². The normalized spacial score (nSPS) is 11.4. The van der Waals surface area contributed by atoms with E-state index in [0.717, 1.165) is 10.4 Å². The van der Waals surface area contributed by atoms with Crippen LogP contribution in [0.25, 0.3) is 10.2 Å². The van der Waals surface area contributed by atoms with Crippen molar-refractivity contribution in [2.45, 2.75) is 40.0 Å². The zero-order valence-electron chi connectivity index (χ0n) is 12.5. The van der Waals surface area contributed by atoms with Gasteiger partial charge >= 0.3 is 5.69 Å². The van der Waals surface area contributed by atoms with Gasteiger partial charge in [-0.25, -0.2) is 4.79 Å². The van der Waals surface area contributed by atoms with Gasteiger partial charge in [-0.05, 0) is 18.9 Å². The SMILES string of the molecule is CCCn1c(=O)c2c(C)c(CO)sc2n(CCOC)c1=O. The summed E-state index contributed by atoms with van der Waals surface area (Å²) in [7, 11) is 1.57. The van der Waals surface area contributed by atoms with E-state index in [4.69, 9.17) is 4.74 Å². The van der Waals surface area contributed by atoms with Gasteiger partial charge in [0.25, 0.3) is 5.56 Å². The van der Waals surface area contributed by atoms with Crippen LogP contribution in [-0.4, -0.2) is 28.0 Å². The van der Waals surface area contributed by atoms with Crippen LogP contribution < -0.4 is 11.2 Å². The van der Waals surface area contributed by atoms with Gasteiger partial charge in [-0.15, -0.1) is 11.3 Å². The molecule has 0 amide bonds. The van der Waals surface area contributed by atoms with E-state index in [1.54, 1.807) is 11.7 Å². The number of thiophene rings is 1. The van der Waals surface area contributed by atoms with Crippen LogP contribution in [0.4, 0.5) is 0 Å². The van der Waals surface area contributed by atoms with Crippen LogP contribution in [0.3, 0.4) is 0 Å². The number of fused-ring (bicyclic) bond motifs is 1. The maximum Gasteiger partial charge on any atom is 0.332 e. The van der Waals surface area contributed by atoms with E-state index < -0.39 is 0 Å². The summed E-state index contributed by atoms with van der Waals surface area (Å²) in [6.07, 6.45) is 0.709. The largest absolute Gasteiger partial charge is 0.391 e. The molecule has 6 nitrogen and oxygen atoms in total. The number of rotatable bonds is 6. The number of aromatic nitrogens is 2. The Labute approximate surface area is 126 Å². The molecule has 0 atom stereocenters. The molecule has 0 fully saturated rings. The van der Waals surface area contributed by atoms with Crippen LogP contribution in [0, 0.1) is 6.92 Å². The molecule has 2 rings (SSSR count). The Morgan fingerprint density at radius 1 is 1.24 bits per heavy atom. The molecule has 116 valence electrons. The molecule has 0 aromatic carbocycles. The lowest BCUT2D eigenvalue weighted by Crippen LogP contribution is -2.40. The Bertz CT molecular complexity index is 757. The molecule has 0 saturated carbocycles. The number of ether oxygens (including phenoxy) is 1. The number of hydrogen-bond acceptors (Lipinski definition) is 5. The maximum absolute atomic E-state index is 12.6. The number of aliphatic hydroxyl groups excluding tert-OH is 1. The number of aryl methyl sites for hydroxylation is 1. The van der Waals surface area contributed by atoms with Crippen molar-refractivity contribution in [1.82, 2.24) is 9.13 Å². The topological polar surface area (TPSA) is 73.5 Å². The van der Waals surface area contributed by atoms with Crippen molar-refractivity contribution in [2.24, 2.45) is 0 Å². The summed E-state index contributed by atoms with van der Waals surface area (Å²) in [6, 6.07) is 0. The van der Waals surface area contributed by atoms with Gasteiger partial charge in [-0.1, -0.05) is 6.92 Å². The van der Waals surface area contributed by atoms with Gasteiger partial charge in [0.15, 0.2) is 0 Å². The summed E-state index contributed by atoms with van der Waals surface area (Å²) >= 11 is 1.30. The smallest absolute Gasteiger partial charge is 0.332 e. The maximum atomic E-state index is 12.6. The highest BCUT2D eigenvalue weighted by atomic mass is 32.1. The minimum absolute atomic E-state index is 0.128. The molecule has 0 radical (unpaired) electrons. The molecular weight excluding hydrogens is 292 g/mol. The molecule has 2 aromatic heterocycles. The Morgan fingerprint density at radius 2 is 1.95 bits per heavy atom. The van der Waals surface area contributed by atoms with Crippen molar-refractivity contribution < 1.29 is 9.84 Å². The van der Waals surface area contributed by atoms with E-state index in [0.29, 0.717) is 36.3 Å². The van der Waals surface area contributed by atoms with Crippen molar-refractivity contribution >= 4 is 21.6 Å². The van der Waals surface area contributed by atoms with E-state index in [2.05, 4.69) is 0 Å². The lowest BCUT2D eigenvalue weighted by Gasteiger charge is -2.11. The highest BCUT2D eigenvalue weighted by Crippen LogP contribution is 2.27. The van der Waals surface area contributed by atoms with Crippen molar-refractivity contribution in [3.8, 4) is 0 Å². The zero-order chi connectivity index (χ0) is 15.6. The van der Waals surface area contributed by atoms with Crippen LogP contribution in [0.2, 0.25) is 0 Å².